The van der Waals surface area contributed by atoms with Crippen molar-refractivity contribution in [2.45, 2.75) is 24.3 Å². The Labute approximate surface area is 202 Å². The standard InChI is InChI=1S/C26H26N4O3S/c1-17-10-12-18(13-11-17)27-24(31)15-22-26(33)30(23-9-4-3-8-21(23)29-22)16-25(32)28-19-6-5-7-20(14-19)34-2/h3-14,22,29H,15-16H2,1-2H3,(H,27,31)(H,28,32)/t22-/m0/s1. The zero-order chi connectivity index (χ0) is 24.1. The summed E-state index contributed by atoms with van der Waals surface area (Å²) in [6, 6.07) is 21.5. The van der Waals surface area contributed by atoms with Crippen molar-refractivity contribution in [3.63, 3.8) is 0 Å². The molecule has 0 fully saturated rings. The lowest BCUT2D eigenvalue weighted by molar-refractivity contribution is -0.124. The van der Waals surface area contributed by atoms with E-state index in [1.165, 1.54) is 4.90 Å². The molecule has 34 heavy (non-hydrogen) atoms. The lowest BCUT2D eigenvalue weighted by Gasteiger charge is -2.34. The number of aryl methyl sites for hydroxylation is 1. The third-order valence-electron chi connectivity index (χ3n) is 5.47. The molecule has 1 atom stereocenters. The number of nitrogens with one attached hydrogen (secondary N) is 3. The van der Waals surface area contributed by atoms with Gasteiger partial charge in [-0.15, -0.1) is 11.8 Å². The molecule has 0 spiro atoms. The van der Waals surface area contributed by atoms with Gasteiger partial charge in [0.25, 0.3) is 5.91 Å². The van der Waals surface area contributed by atoms with E-state index in [1.54, 1.807) is 17.8 Å². The van der Waals surface area contributed by atoms with E-state index in [4.69, 9.17) is 0 Å². The molecule has 8 heteroatoms. The van der Waals surface area contributed by atoms with Crippen LogP contribution in [0.25, 0.3) is 0 Å². The van der Waals surface area contributed by atoms with Crippen LogP contribution in [0.3, 0.4) is 0 Å². The molecule has 0 radical (unpaired) electrons. The maximum atomic E-state index is 13.3. The average molecular weight is 475 g/mol. The summed E-state index contributed by atoms with van der Waals surface area (Å²) in [6.07, 6.45) is 1.90. The molecule has 0 unspecified atom stereocenters. The zero-order valence-corrected chi connectivity index (χ0v) is 19.8. The van der Waals surface area contributed by atoms with Crippen LogP contribution in [0.2, 0.25) is 0 Å². The Morgan fingerprint density at radius 3 is 2.44 bits per heavy atom. The molecule has 174 valence electrons. The molecule has 7 nitrogen and oxygen atoms in total. The van der Waals surface area contributed by atoms with E-state index in [9.17, 15) is 14.4 Å². The molecule has 1 aliphatic rings. The van der Waals surface area contributed by atoms with Crippen molar-refractivity contribution < 1.29 is 14.4 Å². The van der Waals surface area contributed by atoms with E-state index in [-0.39, 0.29) is 30.7 Å². The fraction of sp³-hybridized carbons (Fsp3) is 0.192. The lowest BCUT2D eigenvalue weighted by atomic mass is 10.1. The van der Waals surface area contributed by atoms with Crippen molar-refractivity contribution in [1.82, 2.24) is 0 Å². The lowest BCUT2D eigenvalue weighted by Crippen LogP contribution is -2.50. The van der Waals surface area contributed by atoms with Gasteiger partial charge >= 0.3 is 0 Å². The summed E-state index contributed by atoms with van der Waals surface area (Å²) < 4.78 is 0. The highest BCUT2D eigenvalue weighted by molar-refractivity contribution is 7.98. The molecule has 0 aromatic heterocycles. The highest BCUT2D eigenvalue weighted by Gasteiger charge is 2.34. The van der Waals surface area contributed by atoms with Gasteiger partial charge in [-0.1, -0.05) is 35.9 Å². The SMILES string of the molecule is CSc1cccc(NC(=O)CN2C(=O)[C@H](CC(=O)Nc3ccc(C)cc3)Nc3ccccc32)c1. The van der Waals surface area contributed by atoms with Crippen molar-refractivity contribution in [1.29, 1.82) is 0 Å². The smallest absolute Gasteiger partial charge is 0.250 e. The summed E-state index contributed by atoms with van der Waals surface area (Å²) in [7, 11) is 0. The largest absolute Gasteiger partial charge is 0.372 e. The van der Waals surface area contributed by atoms with Gasteiger partial charge in [0, 0.05) is 16.3 Å². The van der Waals surface area contributed by atoms with Gasteiger partial charge in [-0.3, -0.25) is 19.3 Å². The van der Waals surface area contributed by atoms with E-state index in [0.717, 1.165) is 10.5 Å². The van der Waals surface area contributed by atoms with E-state index in [2.05, 4.69) is 16.0 Å². The molecule has 0 bridgehead atoms. The number of carbonyl (C=O) groups excluding carboxylic acids is 3. The summed E-state index contributed by atoms with van der Waals surface area (Å²) in [4.78, 5) is 41.2. The molecule has 3 N–H and O–H groups in total. The number of rotatable bonds is 7. The van der Waals surface area contributed by atoms with Gasteiger partial charge in [0.1, 0.15) is 12.6 Å². The first-order valence-electron chi connectivity index (χ1n) is 10.9. The van der Waals surface area contributed by atoms with Gasteiger partial charge in [-0.2, -0.15) is 0 Å². The second kappa shape index (κ2) is 10.4. The fourth-order valence-electron chi connectivity index (χ4n) is 3.77. The fourth-order valence-corrected chi connectivity index (χ4v) is 4.23. The van der Waals surface area contributed by atoms with E-state index >= 15 is 0 Å². The predicted octanol–water partition coefficient (Wildman–Crippen LogP) is 4.51. The van der Waals surface area contributed by atoms with Gasteiger partial charge < -0.3 is 16.0 Å². The quantitative estimate of drug-likeness (QED) is 0.438. The Kier molecular flexibility index (Phi) is 7.18. The first-order chi connectivity index (χ1) is 16.4. The molecule has 1 heterocycles. The van der Waals surface area contributed by atoms with Gasteiger partial charge in [0.2, 0.25) is 11.8 Å². The minimum Gasteiger partial charge on any atom is -0.372 e. The monoisotopic (exact) mass is 474 g/mol. The number of nitrogens with zero attached hydrogens (tertiary/aromatic N) is 1. The second-order valence-electron chi connectivity index (χ2n) is 8.04. The maximum absolute atomic E-state index is 13.3. The molecule has 0 saturated carbocycles. The number of carbonyl (C=O) groups is 3. The van der Waals surface area contributed by atoms with E-state index < -0.39 is 6.04 Å². The van der Waals surface area contributed by atoms with Crippen LogP contribution in [0.4, 0.5) is 22.7 Å². The van der Waals surface area contributed by atoms with Crippen molar-refractivity contribution in [2.75, 3.05) is 33.7 Å². The van der Waals surface area contributed by atoms with Crippen LogP contribution < -0.4 is 20.9 Å². The number of hydrogen-bond donors (Lipinski definition) is 3. The number of benzene rings is 3. The number of hydrogen-bond acceptors (Lipinski definition) is 5. The van der Waals surface area contributed by atoms with Gasteiger partial charge in [0.15, 0.2) is 0 Å². The molecule has 0 aliphatic carbocycles. The highest BCUT2D eigenvalue weighted by Crippen LogP contribution is 2.32. The van der Waals surface area contributed by atoms with Crippen LogP contribution in [0.15, 0.2) is 77.7 Å². The Bertz CT molecular complexity index is 1210. The minimum absolute atomic E-state index is 0.0606. The first kappa shape index (κ1) is 23.4. The van der Waals surface area contributed by atoms with Crippen LogP contribution in [-0.4, -0.2) is 36.6 Å². The number of thioether (sulfide) groups is 1. The van der Waals surface area contributed by atoms with E-state index in [0.29, 0.717) is 22.7 Å². The zero-order valence-electron chi connectivity index (χ0n) is 19.0. The summed E-state index contributed by atoms with van der Waals surface area (Å²) in [5.41, 5.74) is 3.74. The van der Waals surface area contributed by atoms with Crippen LogP contribution >= 0.6 is 11.8 Å². The normalized spacial score (nSPS) is 14.7. The van der Waals surface area contributed by atoms with E-state index in [1.807, 2.05) is 79.9 Å². The van der Waals surface area contributed by atoms with Gasteiger partial charge in [-0.05, 0) is 55.6 Å². The third-order valence-corrected chi connectivity index (χ3v) is 6.19. The third kappa shape index (κ3) is 5.58. The number of para-hydroxylation sites is 2. The molecule has 0 saturated heterocycles. The molecule has 1 aliphatic heterocycles. The number of amides is 3. The number of anilines is 4. The first-order valence-corrected chi connectivity index (χ1v) is 12.1. The molecule has 4 rings (SSSR count). The molecule has 3 amide bonds. The second-order valence-corrected chi connectivity index (χ2v) is 8.92. The van der Waals surface area contributed by atoms with Crippen molar-refractivity contribution in [3.05, 3.63) is 78.4 Å². The molecule has 3 aromatic rings. The molecular formula is C26H26N4O3S. The van der Waals surface area contributed by atoms with Gasteiger partial charge in [0.05, 0.1) is 17.8 Å². The Morgan fingerprint density at radius 1 is 0.941 bits per heavy atom. The topological polar surface area (TPSA) is 90.5 Å². The number of fused-ring (bicyclic) bond motifs is 1. The van der Waals surface area contributed by atoms with Gasteiger partial charge in [-0.25, -0.2) is 0 Å². The molecule has 3 aromatic carbocycles. The summed E-state index contributed by atoms with van der Waals surface area (Å²) >= 11 is 1.58. The van der Waals surface area contributed by atoms with Crippen molar-refractivity contribution >= 4 is 52.2 Å². The summed E-state index contributed by atoms with van der Waals surface area (Å²) in [5, 5.41) is 8.85. The summed E-state index contributed by atoms with van der Waals surface area (Å²) in [5.74, 6) is -0.927. The Morgan fingerprint density at radius 2 is 1.68 bits per heavy atom. The average Bonchev–Trinajstić information content (AvgIpc) is 2.83. The van der Waals surface area contributed by atoms with Crippen molar-refractivity contribution in [3.8, 4) is 0 Å². The van der Waals surface area contributed by atoms with Crippen LogP contribution in [0.5, 0.6) is 0 Å². The van der Waals surface area contributed by atoms with Crippen LogP contribution in [0.1, 0.15) is 12.0 Å². The molecular weight excluding hydrogens is 448 g/mol. The van der Waals surface area contributed by atoms with Crippen LogP contribution in [0, 0.1) is 6.92 Å². The van der Waals surface area contributed by atoms with Crippen LogP contribution in [-0.2, 0) is 14.4 Å². The maximum Gasteiger partial charge on any atom is 0.250 e. The Hall–Kier alpha value is -3.78. The van der Waals surface area contributed by atoms with Crippen molar-refractivity contribution in [2.24, 2.45) is 0 Å². The predicted molar refractivity (Wildman–Crippen MR) is 137 cm³/mol. The Balaban J connectivity index is 1.47. The summed E-state index contributed by atoms with van der Waals surface area (Å²) in [6.45, 7) is 1.81. The highest BCUT2D eigenvalue weighted by atomic mass is 32.2. The minimum atomic E-state index is -0.784.